The van der Waals surface area contributed by atoms with Gasteiger partial charge < -0.3 is 11.1 Å². The second-order valence-corrected chi connectivity index (χ2v) is 4.72. The SMILES string of the molecule is CCCCCCC(C)Nc1c(N)ccc(F)c1F. The number of hydrogen-bond donors (Lipinski definition) is 2. The number of hydrogen-bond acceptors (Lipinski definition) is 2. The molecule has 0 aromatic heterocycles. The summed E-state index contributed by atoms with van der Waals surface area (Å²) in [6.45, 7) is 4.11. The molecule has 3 N–H and O–H groups in total. The van der Waals surface area contributed by atoms with E-state index in [1.54, 1.807) is 0 Å². The first kappa shape index (κ1) is 14.7. The molecule has 1 aromatic rings. The third kappa shape index (κ3) is 4.17. The lowest BCUT2D eigenvalue weighted by Gasteiger charge is -2.17. The molecule has 18 heavy (non-hydrogen) atoms. The van der Waals surface area contributed by atoms with Gasteiger partial charge in [-0.15, -0.1) is 0 Å². The zero-order valence-corrected chi connectivity index (χ0v) is 11.1. The van der Waals surface area contributed by atoms with Gasteiger partial charge in [-0.05, 0) is 25.5 Å². The van der Waals surface area contributed by atoms with Crippen molar-refractivity contribution < 1.29 is 8.78 Å². The van der Waals surface area contributed by atoms with Crippen molar-refractivity contribution in [1.29, 1.82) is 0 Å². The molecular formula is C14H22F2N2. The van der Waals surface area contributed by atoms with Crippen LogP contribution >= 0.6 is 0 Å². The Kier molecular flexibility index (Phi) is 5.89. The highest BCUT2D eigenvalue weighted by molar-refractivity contribution is 5.67. The monoisotopic (exact) mass is 256 g/mol. The molecule has 1 unspecified atom stereocenters. The number of anilines is 2. The third-order valence-electron chi connectivity index (χ3n) is 3.01. The van der Waals surface area contributed by atoms with Crippen LogP contribution < -0.4 is 11.1 Å². The summed E-state index contributed by atoms with van der Waals surface area (Å²) >= 11 is 0. The van der Waals surface area contributed by atoms with Crippen LogP contribution in [0.2, 0.25) is 0 Å². The predicted molar refractivity (Wildman–Crippen MR) is 72.6 cm³/mol. The van der Waals surface area contributed by atoms with Crippen molar-refractivity contribution >= 4 is 11.4 Å². The van der Waals surface area contributed by atoms with E-state index in [1.807, 2.05) is 6.92 Å². The van der Waals surface area contributed by atoms with Crippen LogP contribution in [0.3, 0.4) is 0 Å². The standard InChI is InChI=1S/C14H22F2N2/c1-3-4-5-6-7-10(2)18-14-12(17)9-8-11(15)13(14)16/h8-10,18H,3-7,17H2,1-2H3. The minimum absolute atomic E-state index is 0.0815. The summed E-state index contributed by atoms with van der Waals surface area (Å²) in [5.74, 6) is -1.76. The Morgan fingerprint density at radius 2 is 1.94 bits per heavy atom. The molecule has 0 radical (unpaired) electrons. The zero-order valence-electron chi connectivity index (χ0n) is 11.1. The quantitative estimate of drug-likeness (QED) is 0.563. The maximum absolute atomic E-state index is 13.5. The van der Waals surface area contributed by atoms with E-state index in [9.17, 15) is 8.78 Å². The van der Waals surface area contributed by atoms with Crippen LogP contribution in [0.5, 0.6) is 0 Å². The fourth-order valence-corrected chi connectivity index (χ4v) is 1.91. The maximum atomic E-state index is 13.5. The van der Waals surface area contributed by atoms with E-state index in [0.29, 0.717) is 0 Å². The molecule has 0 amide bonds. The molecule has 0 bridgehead atoms. The van der Waals surface area contributed by atoms with Crippen molar-refractivity contribution in [2.45, 2.75) is 52.0 Å². The first-order valence-electron chi connectivity index (χ1n) is 6.56. The Labute approximate surface area is 108 Å². The van der Waals surface area contributed by atoms with Crippen LogP contribution in [0, 0.1) is 11.6 Å². The van der Waals surface area contributed by atoms with Gasteiger partial charge >= 0.3 is 0 Å². The normalized spacial score (nSPS) is 12.4. The van der Waals surface area contributed by atoms with E-state index in [0.717, 1.165) is 18.9 Å². The molecule has 1 rings (SSSR count). The summed E-state index contributed by atoms with van der Waals surface area (Å²) < 4.78 is 26.6. The van der Waals surface area contributed by atoms with Gasteiger partial charge in [0.05, 0.1) is 11.4 Å². The van der Waals surface area contributed by atoms with Crippen LogP contribution in [0.25, 0.3) is 0 Å². The van der Waals surface area contributed by atoms with Gasteiger partial charge in [0.25, 0.3) is 0 Å². The van der Waals surface area contributed by atoms with Gasteiger partial charge in [0.1, 0.15) is 0 Å². The fourth-order valence-electron chi connectivity index (χ4n) is 1.91. The van der Waals surface area contributed by atoms with E-state index in [2.05, 4.69) is 12.2 Å². The first-order chi connectivity index (χ1) is 8.56. The number of unbranched alkanes of at least 4 members (excludes halogenated alkanes) is 3. The molecule has 0 aliphatic heterocycles. The van der Waals surface area contributed by atoms with Gasteiger partial charge in [-0.25, -0.2) is 8.78 Å². The van der Waals surface area contributed by atoms with E-state index in [4.69, 9.17) is 5.73 Å². The van der Waals surface area contributed by atoms with Gasteiger partial charge in [0.15, 0.2) is 11.6 Å². The Hall–Kier alpha value is -1.32. The van der Waals surface area contributed by atoms with Crippen LogP contribution in [0.1, 0.15) is 46.0 Å². The number of benzene rings is 1. The fraction of sp³-hybridized carbons (Fsp3) is 0.571. The van der Waals surface area contributed by atoms with E-state index in [-0.39, 0.29) is 17.4 Å². The smallest absolute Gasteiger partial charge is 0.183 e. The lowest BCUT2D eigenvalue weighted by molar-refractivity contribution is 0.509. The van der Waals surface area contributed by atoms with Crippen LogP contribution in [0.4, 0.5) is 20.2 Å². The summed E-state index contributed by atoms with van der Waals surface area (Å²) in [7, 11) is 0. The highest BCUT2D eigenvalue weighted by atomic mass is 19.2. The summed E-state index contributed by atoms with van der Waals surface area (Å²) in [4.78, 5) is 0. The lowest BCUT2D eigenvalue weighted by atomic mass is 10.1. The second-order valence-electron chi connectivity index (χ2n) is 4.72. The Morgan fingerprint density at radius 1 is 1.22 bits per heavy atom. The maximum Gasteiger partial charge on any atom is 0.183 e. The van der Waals surface area contributed by atoms with Crippen LogP contribution in [0.15, 0.2) is 12.1 Å². The molecule has 0 aliphatic carbocycles. The molecule has 0 spiro atoms. The Balaban J connectivity index is 2.54. The summed E-state index contributed by atoms with van der Waals surface area (Å²) in [6.07, 6.45) is 5.58. The molecule has 1 atom stereocenters. The highest BCUT2D eigenvalue weighted by Gasteiger charge is 2.13. The molecule has 0 saturated heterocycles. The summed E-state index contributed by atoms with van der Waals surface area (Å²) in [5.41, 5.74) is 5.97. The minimum Gasteiger partial charge on any atom is -0.397 e. The molecule has 102 valence electrons. The van der Waals surface area contributed by atoms with Gasteiger partial charge in [-0.2, -0.15) is 0 Å². The average molecular weight is 256 g/mol. The molecule has 4 heteroatoms. The Morgan fingerprint density at radius 3 is 2.61 bits per heavy atom. The topological polar surface area (TPSA) is 38.0 Å². The highest BCUT2D eigenvalue weighted by Crippen LogP contribution is 2.25. The van der Waals surface area contributed by atoms with Crippen molar-refractivity contribution in [3.05, 3.63) is 23.8 Å². The molecular weight excluding hydrogens is 234 g/mol. The average Bonchev–Trinajstić information content (AvgIpc) is 2.35. The molecule has 2 nitrogen and oxygen atoms in total. The van der Waals surface area contributed by atoms with Crippen LogP contribution in [-0.2, 0) is 0 Å². The third-order valence-corrected chi connectivity index (χ3v) is 3.01. The molecule has 0 heterocycles. The van der Waals surface area contributed by atoms with Crippen molar-refractivity contribution in [3.8, 4) is 0 Å². The summed E-state index contributed by atoms with van der Waals surface area (Å²) in [5, 5.41) is 2.96. The molecule has 1 aromatic carbocycles. The number of nitrogen functional groups attached to an aromatic ring is 1. The zero-order chi connectivity index (χ0) is 13.5. The van der Waals surface area contributed by atoms with Crippen molar-refractivity contribution in [3.63, 3.8) is 0 Å². The van der Waals surface area contributed by atoms with E-state index >= 15 is 0 Å². The predicted octanol–water partition coefficient (Wildman–Crippen LogP) is 4.32. The molecule has 0 saturated carbocycles. The largest absolute Gasteiger partial charge is 0.397 e. The van der Waals surface area contributed by atoms with E-state index in [1.165, 1.54) is 25.3 Å². The van der Waals surface area contributed by atoms with Crippen LogP contribution in [-0.4, -0.2) is 6.04 Å². The van der Waals surface area contributed by atoms with Gasteiger partial charge in [0, 0.05) is 6.04 Å². The van der Waals surface area contributed by atoms with Crippen molar-refractivity contribution in [2.75, 3.05) is 11.1 Å². The second kappa shape index (κ2) is 7.19. The lowest BCUT2D eigenvalue weighted by Crippen LogP contribution is -2.17. The Bertz CT molecular complexity index is 380. The number of nitrogens with one attached hydrogen (secondary N) is 1. The first-order valence-corrected chi connectivity index (χ1v) is 6.56. The van der Waals surface area contributed by atoms with Gasteiger partial charge in [0.2, 0.25) is 0 Å². The van der Waals surface area contributed by atoms with Gasteiger partial charge in [-0.3, -0.25) is 0 Å². The minimum atomic E-state index is -0.893. The summed E-state index contributed by atoms with van der Waals surface area (Å²) in [6, 6.07) is 2.51. The molecule has 0 aliphatic rings. The number of halogens is 2. The van der Waals surface area contributed by atoms with Crippen molar-refractivity contribution in [2.24, 2.45) is 0 Å². The van der Waals surface area contributed by atoms with Crippen molar-refractivity contribution in [1.82, 2.24) is 0 Å². The van der Waals surface area contributed by atoms with E-state index < -0.39 is 11.6 Å². The number of nitrogens with two attached hydrogens (primary N) is 1. The molecule has 0 fully saturated rings. The van der Waals surface area contributed by atoms with Gasteiger partial charge in [-0.1, -0.05) is 32.6 Å². The number of rotatable bonds is 7.